The lowest BCUT2D eigenvalue weighted by Gasteiger charge is -2.03. The van der Waals surface area contributed by atoms with Crippen molar-refractivity contribution < 1.29 is 4.79 Å². The molecule has 2 aromatic rings. The van der Waals surface area contributed by atoms with Crippen LogP contribution >= 0.6 is 22.6 Å². The van der Waals surface area contributed by atoms with Gasteiger partial charge in [-0.15, -0.1) is 0 Å². The van der Waals surface area contributed by atoms with Crippen LogP contribution in [0.1, 0.15) is 17.3 Å². The maximum Gasteiger partial charge on any atom is 0.160 e. The molecule has 1 nitrogen and oxygen atoms in total. The Kier molecular flexibility index (Phi) is 2.54. The number of hydrogen-bond acceptors (Lipinski definition) is 1. The molecule has 2 rings (SSSR count). The molecule has 0 fully saturated rings. The third kappa shape index (κ3) is 1.66. The lowest BCUT2D eigenvalue weighted by molar-refractivity contribution is 0.101. The van der Waals surface area contributed by atoms with E-state index >= 15 is 0 Å². The van der Waals surface area contributed by atoms with Crippen LogP contribution in [0.3, 0.4) is 0 Å². The van der Waals surface area contributed by atoms with E-state index in [-0.39, 0.29) is 5.78 Å². The Balaban J connectivity index is 2.77. The molecule has 0 unspecified atom stereocenters. The van der Waals surface area contributed by atoms with Crippen molar-refractivity contribution in [1.82, 2.24) is 0 Å². The van der Waals surface area contributed by atoms with E-state index in [0.717, 1.165) is 14.5 Å². The van der Waals surface area contributed by atoms with E-state index in [1.54, 1.807) is 6.92 Å². The van der Waals surface area contributed by atoms with E-state index in [0.29, 0.717) is 0 Å². The van der Waals surface area contributed by atoms with Crippen LogP contribution in [0.15, 0.2) is 36.4 Å². The van der Waals surface area contributed by atoms with Gasteiger partial charge in [0.25, 0.3) is 0 Å². The Labute approximate surface area is 96.3 Å². The van der Waals surface area contributed by atoms with E-state index in [4.69, 9.17) is 0 Å². The van der Waals surface area contributed by atoms with Crippen molar-refractivity contribution in [3.8, 4) is 0 Å². The van der Waals surface area contributed by atoms with Gasteiger partial charge in [-0.2, -0.15) is 0 Å². The minimum atomic E-state index is 0.125. The zero-order chi connectivity index (χ0) is 10.1. The molecular formula is C12H9IO. The van der Waals surface area contributed by atoms with Crippen molar-refractivity contribution in [2.24, 2.45) is 0 Å². The molecule has 14 heavy (non-hydrogen) atoms. The summed E-state index contributed by atoms with van der Waals surface area (Å²) < 4.78 is 1.02. The second-order valence-electron chi connectivity index (χ2n) is 3.24. The quantitative estimate of drug-likeness (QED) is 0.580. The molecule has 2 heteroatoms. The first-order valence-electron chi connectivity index (χ1n) is 4.38. The number of Topliss-reactive ketones (excluding diaryl/α,β-unsaturated/α-hetero) is 1. The average Bonchev–Trinajstić information content (AvgIpc) is 2.16. The number of benzene rings is 2. The molecule has 0 aromatic heterocycles. The molecule has 0 amide bonds. The Hall–Kier alpha value is -0.900. The molecule has 0 aliphatic carbocycles. The van der Waals surface area contributed by atoms with Crippen LogP contribution in [0.2, 0.25) is 0 Å². The van der Waals surface area contributed by atoms with Crippen molar-refractivity contribution in [3.05, 3.63) is 45.5 Å². The Bertz CT molecular complexity index is 503. The van der Waals surface area contributed by atoms with E-state index in [1.807, 2.05) is 30.3 Å². The van der Waals surface area contributed by atoms with Gasteiger partial charge in [-0.3, -0.25) is 4.79 Å². The van der Waals surface area contributed by atoms with Crippen LogP contribution in [0, 0.1) is 3.57 Å². The molecule has 70 valence electrons. The normalized spacial score (nSPS) is 10.4. The van der Waals surface area contributed by atoms with E-state index < -0.39 is 0 Å². The SMILES string of the molecule is CC(=O)c1cc2ccccc2cc1I. The molecule has 0 heterocycles. The first kappa shape index (κ1) is 9.65. The standard InChI is InChI=1S/C12H9IO/c1-8(14)11-6-9-4-2-3-5-10(9)7-12(11)13/h2-7H,1H3. The molecule has 0 aliphatic heterocycles. The molecule has 0 aliphatic rings. The van der Waals surface area contributed by atoms with E-state index in [9.17, 15) is 4.79 Å². The van der Waals surface area contributed by atoms with Crippen LogP contribution in [-0.4, -0.2) is 5.78 Å². The van der Waals surface area contributed by atoms with Gasteiger partial charge >= 0.3 is 0 Å². The molecule has 0 spiro atoms. The Morgan fingerprint density at radius 1 is 1.14 bits per heavy atom. The summed E-state index contributed by atoms with van der Waals surface area (Å²) >= 11 is 2.20. The number of fused-ring (bicyclic) bond motifs is 1. The lowest BCUT2D eigenvalue weighted by Crippen LogP contribution is -1.95. The predicted octanol–water partition coefficient (Wildman–Crippen LogP) is 3.65. The summed E-state index contributed by atoms with van der Waals surface area (Å²) in [5.74, 6) is 0.125. The monoisotopic (exact) mass is 296 g/mol. The molecule has 0 atom stereocenters. The van der Waals surface area contributed by atoms with Crippen molar-refractivity contribution >= 4 is 39.1 Å². The summed E-state index contributed by atoms with van der Waals surface area (Å²) in [5.41, 5.74) is 0.810. The zero-order valence-electron chi connectivity index (χ0n) is 7.75. The second-order valence-corrected chi connectivity index (χ2v) is 4.40. The maximum atomic E-state index is 11.3. The highest BCUT2D eigenvalue weighted by molar-refractivity contribution is 14.1. The predicted molar refractivity (Wildman–Crippen MR) is 66.7 cm³/mol. The summed E-state index contributed by atoms with van der Waals surface area (Å²) in [7, 11) is 0. The van der Waals surface area contributed by atoms with Crippen LogP contribution in [-0.2, 0) is 0 Å². The number of carbonyl (C=O) groups is 1. The number of halogens is 1. The van der Waals surface area contributed by atoms with Gasteiger partial charge < -0.3 is 0 Å². The fourth-order valence-corrected chi connectivity index (χ4v) is 2.35. The Morgan fingerprint density at radius 3 is 2.29 bits per heavy atom. The summed E-state index contributed by atoms with van der Waals surface area (Å²) in [4.78, 5) is 11.3. The summed E-state index contributed by atoms with van der Waals surface area (Å²) in [6, 6.07) is 12.1. The third-order valence-electron chi connectivity index (χ3n) is 2.21. The lowest BCUT2D eigenvalue weighted by atomic mass is 10.1. The van der Waals surface area contributed by atoms with Gasteiger partial charge in [0.2, 0.25) is 0 Å². The molecule has 0 bridgehead atoms. The maximum absolute atomic E-state index is 11.3. The smallest absolute Gasteiger partial charge is 0.160 e. The summed E-state index contributed by atoms with van der Waals surface area (Å²) in [5, 5.41) is 2.31. The molecule has 0 radical (unpaired) electrons. The fourth-order valence-electron chi connectivity index (χ4n) is 1.48. The topological polar surface area (TPSA) is 17.1 Å². The van der Waals surface area contributed by atoms with Gasteiger partial charge in [0.15, 0.2) is 5.78 Å². The van der Waals surface area contributed by atoms with Gasteiger partial charge in [-0.25, -0.2) is 0 Å². The largest absolute Gasteiger partial charge is 0.294 e. The highest BCUT2D eigenvalue weighted by atomic mass is 127. The molecule has 0 N–H and O–H groups in total. The van der Waals surface area contributed by atoms with Crippen molar-refractivity contribution in [2.75, 3.05) is 0 Å². The minimum absolute atomic E-state index is 0.125. The fraction of sp³-hybridized carbons (Fsp3) is 0.0833. The zero-order valence-corrected chi connectivity index (χ0v) is 9.91. The first-order valence-corrected chi connectivity index (χ1v) is 5.45. The summed E-state index contributed by atoms with van der Waals surface area (Å²) in [6.07, 6.45) is 0. The van der Waals surface area contributed by atoms with Gasteiger partial charge in [0.1, 0.15) is 0 Å². The van der Waals surface area contributed by atoms with Gasteiger partial charge in [0.05, 0.1) is 0 Å². The van der Waals surface area contributed by atoms with Crippen molar-refractivity contribution in [3.63, 3.8) is 0 Å². The highest BCUT2D eigenvalue weighted by Crippen LogP contribution is 2.21. The third-order valence-corrected chi connectivity index (χ3v) is 3.11. The minimum Gasteiger partial charge on any atom is -0.294 e. The average molecular weight is 296 g/mol. The van der Waals surface area contributed by atoms with Crippen molar-refractivity contribution in [2.45, 2.75) is 6.92 Å². The number of rotatable bonds is 1. The Morgan fingerprint density at radius 2 is 1.71 bits per heavy atom. The van der Waals surface area contributed by atoms with Gasteiger partial charge in [0, 0.05) is 9.13 Å². The van der Waals surface area contributed by atoms with Crippen LogP contribution in [0.5, 0.6) is 0 Å². The molecule has 2 aromatic carbocycles. The number of carbonyl (C=O) groups excluding carboxylic acids is 1. The first-order chi connectivity index (χ1) is 6.68. The van der Waals surface area contributed by atoms with E-state index in [1.165, 1.54) is 5.39 Å². The number of ketones is 1. The highest BCUT2D eigenvalue weighted by Gasteiger charge is 2.05. The summed E-state index contributed by atoms with van der Waals surface area (Å²) in [6.45, 7) is 1.60. The van der Waals surface area contributed by atoms with Crippen LogP contribution in [0.4, 0.5) is 0 Å². The van der Waals surface area contributed by atoms with Gasteiger partial charge in [-0.05, 0) is 52.4 Å². The van der Waals surface area contributed by atoms with E-state index in [2.05, 4.69) is 28.7 Å². The van der Waals surface area contributed by atoms with Crippen LogP contribution in [0.25, 0.3) is 10.8 Å². The van der Waals surface area contributed by atoms with Crippen LogP contribution < -0.4 is 0 Å². The number of hydrogen-bond donors (Lipinski definition) is 0. The molecule has 0 saturated heterocycles. The van der Waals surface area contributed by atoms with Gasteiger partial charge in [-0.1, -0.05) is 24.3 Å². The second kappa shape index (κ2) is 3.69. The van der Waals surface area contributed by atoms with Crippen molar-refractivity contribution in [1.29, 1.82) is 0 Å². The molecule has 0 saturated carbocycles. The molecular weight excluding hydrogens is 287 g/mol.